The fourth-order valence-electron chi connectivity index (χ4n) is 0.397. The largest absolute Gasteiger partial charge is 0.229 e. The molecule has 0 amide bonds. The summed E-state index contributed by atoms with van der Waals surface area (Å²) >= 11 is 1.66. The Morgan fingerprint density at radius 3 is 1.90 bits per heavy atom. The van der Waals surface area contributed by atoms with E-state index in [4.69, 9.17) is 0 Å². The highest BCUT2D eigenvalue weighted by atomic mass is 32.2. The molecular formula is C8H19NS. The Kier molecular flexibility index (Phi) is 20.3. The van der Waals surface area contributed by atoms with E-state index in [0.29, 0.717) is 0 Å². The van der Waals surface area contributed by atoms with Crippen molar-refractivity contribution in [3.8, 4) is 0 Å². The second-order valence-corrected chi connectivity index (χ2v) is 2.14. The Bertz CT molecular complexity index is 54.3. The van der Waals surface area contributed by atoms with Crippen LogP contribution in [0.2, 0.25) is 0 Å². The predicted molar refractivity (Wildman–Crippen MR) is 52.9 cm³/mol. The van der Waals surface area contributed by atoms with Gasteiger partial charge in [-0.05, 0) is 24.8 Å². The van der Waals surface area contributed by atoms with Crippen molar-refractivity contribution in [3.05, 3.63) is 0 Å². The van der Waals surface area contributed by atoms with E-state index in [0.717, 1.165) is 0 Å². The van der Waals surface area contributed by atoms with Gasteiger partial charge in [-0.25, -0.2) is 4.40 Å². The molecule has 10 heavy (non-hydrogen) atoms. The first-order valence-corrected chi connectivity index (χ1v) is 5.08. The summed E-state index contributed by atoms with van der Waals surface area (Å²) in [4.78, 5) is 0. The van der Waals surface area contributed by atoms with E-state index in [1.165, 1.54) is 18.6 Å². The van der Waals surface area contributed by atoms with Crippen molar-refractivity contribution in [3.63, 3.8) is 0 Å². The Labute approximate surface area is 69.5 Å². The Morgan fingerprint density at radius 1 is 1.20 bits per heavy atom. The molecule has 1 aliphatic heterocycles. The molecule has 1 heterocycles. The molecule has 0 aromatic rings. The maximum atomic E-state index is 3.97. The first-order valence-electron chi connectivity index (χ1n) is 4.14. The van der Waals surface area contributed by atoms with Crippen LogP contribution in [0.5, 0.6) is 0 Å². The minimum absolute atomic E-state index is 1.19. The van der Waals surface area contributed by atoms with Crippen LogP contribution in [0.1, 0.15) is 40.5 Å². The second-order valence-electron chi connectivity index (χ2n) is 1.26. The van der Waals surface area contributed by atoms with Gasteiger partial charge < -0.3 is 0 Å². The third-order valence-electron chi connectivity index (χ3n) is 0.718. The molecule has 0 spiro atoms. The van der Waals surface area contributed by atoms with Crippen molar-refractivity contribution in [1.29, 1.82) is 0 Å². The van der Waals surface area contributed by atoms with Gasteiger partial charge in [0.25, 0.3) is 0 Å². The van der Waals surface area contributed by atoms with Crippen molar-refractivity contribution in [2.45, 2.75) is 40.5 Å². The van der Waals surface area contributed by atoms with E-state index >= 15 is 0 Å². The maximum Gasteiger partial charge on any atom is 0.0156 e. The standard InChI is InChI=1S/C4H7NS.2C2H6/c1-2-4-6-5-3-1;2*1-2/h3H,1-2,4H2;2*1-2H3. The molecule has 0 N–H and O–H groups in total. The van der Waals surface area contributed by atoms with E-state index in [-0.39, 0.29) is 0 Å². The van der Waals surface area contributed by atoms with Crippen LogP contribution in [-0.4, -0.2) is 12.0 Å². The molecule has 1 nitrogen and oxygen atoms in total. The molecule has 2 heteroatoms. The van der Waals surface area contributed by atoms with Crippen LogP contribution in [0.3, 0.4) is 0 Å². The van der Waals surface area contributed by atoms with Crippen molar-refractivity contribution in [1.82, 2.24) is 0 Å². The molecule has 0 bridgehead atoms. The lowest BCUT2D eigenvalue weighted by Crippen LogP contribution is -1.84. The molecular weight excluding hydrogens is 142 g/mol. The quantitative estimate of drug-likeness (QED) is 0.495. The number of rotatable bonds is 0. The van der Waals surface area contributed by atoms with E-state index in [9.17, 15) is 0 Å². The monoisotopic (exact) mass is 161 g/mol. The zero-order valence-corrected chi connectivity index (χ0v) is 8.37. The number of hydrogen-bond donors (Lipinski definition) is 0. The lowest BCUT2D eigenvalue weighted by molar-refractivity contribution is 1.01. The van der Waals surface area contributed by atoms with Gasteiger partial charge in [0, 0.05) is 12.0 Å². The fraction of sp³-hybridized carbons (Fsp3) is 0.875. The van der Waals surface area contributed by atoms with Crippen LogP contribution < -0.4 is 0 Å². The van der Waals surface area contributed by atoms with Gasteiger partial charge in [0.15, 0.2) is 0 Å². The SMILES string of the molecule is C1=NSCCC1.CC.CC. The van der Waals surface area contributed by atoms with Gasteiger partial charge in [-0.2, -0.15) is 0 Å². The second kappa shape index (κ2) is 16.0. The summed E-state index contributed by atoms with van der Waals surface area (Å²) < 4.78 is 3.97. The molecule has 0 unspecified atom stereocenters. The average molecular weight is 161 g/mol. The Morgan fingerprint density at radius 2 is 1.80 bits per heavy atom. The number of nitrogens with zero attached hydrogens (tertiary/aromatic N) is 1. The summed E-state index contributed by atoms with van der Waals surface area (Å²) in [5.74, 6) is 1.22. The molecule has 1 aliphatic rings. The zero-order chi connectivity index (χ0) is 8.24. The lowest BCUT2D eigenvalue weighted by Gasteiger charge is -1.96. The summed E-state index contributed by atoms with van der Waals surface area (Å²) in [5.41, 5.74) is 0. The Hall–Kier alpha value is 0.0200. The van der Waals surface area contributed by atoms with Gasteiger partial charge in [0.05, 0.1) is 0 Å². The van der Waals surface area contributed by atoms with Crippen LogP contribution in [0, 0.1) is 0 Å². The van der Waals surface area contributed by atoms with Gasteiger partial charge in [-0.15, -0.1) is 0 Å². The molecule has 0 aromatic carbocycles. The van der Waals surface area contributed by atoms with E-state index in [1.54, 1.807) is 11.9 Å². The molecule has 0 aliphatic carbocycles. The van der Waals surface area contributed by atoms with Gasteiger partial charge in [-0.3, -0.25) is 0 Å². The predicted octanol–water partition coefficient (Wildman–Crippen LogP) is 3.55. The highest BCUT2D eigenvalue weighted by molar-refractivity contribution is 7.98. The van der Waals surface area contributed by atoms with E-state index in [1.807, 2.05) is 33.9 Å². The number of hydrogen-bond acceptors (Lipinski definition) is 2. The summed E-state index contributed by atoms with van der Waals surface area (Å²) in [7, 11) is 0. The average Bonchev–Trinajstić information content (AvgIpc) is 2.14. The first-order chi connectivity index (χ1) is 5.00. The molecule has 0 saturated heterocycles. The molecule has 0 aromatic heterocycles. The molecule has 0 radical (unpaired) electrons. The van der Waals surface area contributed by atoms with Crippen LogP contribution in [-0.2, 0) is 0 Å². The zero-order valence-electron chi connectivity index (χ0n) is 7.55. The van der Waals surface area contributed by atoms with Crippen LogP contribution in [0.15, 0.2) is 4.40 Å². The van der Waals surface area contributed by atoms with Crippen molar-refractivity contribution in [2.75, 3.05) is 5.75 Å². The summed E-state index contributed by atoms with van der Waals surface area (Å²) in [6.07, 6.45) is 4.48. The molecule has 0 saturated carbocycles. The van der Waals surface area contributed by atoms with Crippen LogP contribution >= 0.6 is 11.9 Å². The van der Waals surface area contributed by atoms with E-state index in [2.05, 4.69) is 4.40 Å². The van der Waals surface area contributed by atoms with Crippen molar-refractivity contribution < 1.29 is 0 Å². The van der Waals surface area contributed by atoms with Crippen molar-refractivity contribution >= 4 is 18.2 Å². The highest BCUT2D eigenvalue weighted by Crippen LogP contribution is 2.09. The van der Waals surface area contributed by atoms with Crippen LogP contribution in [0.4, 0.5) is 0 Å². The third-order valence-corrected chi connectivity index (χ3v) is 1.49. The molecule has 62 valence electrons. The molecule has 0 atom stereocenters. The van der Waals surface area contributed by atoms with Gasteiger partial charge in [0.2, 0.25) is 0 Å². The lowest BCUT2D eigenvalue weighted by atomic mass is 10.4. The normalized spacial score (nSPS) is 14.0. The Balaban J connectivity index is 0. The topological polar surface area (TPSA) is 12.4 Å². The maximum absolute atomic E-state index is 3.97. The van der Waals surface area contributed by atoms with E-state index < -0.39 is 0 Å². The minimum Gasteiger partial charge on any atom is -0.229 e. The van der Waals surface area contributed by atoms with Gasteiger partial charge >= 0.3 is 0 Å². The summed E-state index contributed by atoms with van der Waals surface area (Å²) in [5, 5.41) is 0. The highest BCUT2D eigenvalue weighted by Gasteiger charge is 1.89. The third kappa shape index (κ3) is 10.9. The van der Waals surface area contributed by atoms with Gasteiger partial charge in [-0.1, -0.05) is 27.7 Å². The van der Waals surface area contributed by atoms with Crippen molar-refractivity contribution in [2.24, 2.45) is 4.40 Å². The minimum atomic E-state index is 1.19. The van der Waals surface area contributed by atoms with Crippen LogP contribution in [0.25, 0.3) is 0 Å². The first kappa shape index (κ1) is 12.7. The molecule has 0 fully saturated rings. The molecule has 1 rings (SSSR count). The summed E-state index contributed by atoms with van der Waals surface area (Å²) in [6.45, 7) is 8.00. The van der Waals surface area contributed by atoms with Gasteiger partial charge in [0.1, 0.15) is 0 Å². The fourth-order valence-corrected chi connectivity index (χ4v) is 1.01. The summed E-state index contributed by atoms with van der Waals surface area (Å²) in [6, 6.07) is 0. The smallest absolute Gasteiger partial charge is 0.0156 e.